The van der Waals surface area contributed by atoms with Crippen LogP contribution in [0.5, 0.6) is 0 Å². The van der Waals surface area contributed by atoms with Crippen molar-refractivity contribution in [3.63, 3.8) is 0 Å². The number of nitrogens with zero attached hydrogens (tertiary/aromatic N) is 3. The van der Waals surface area contributed by atoms with Crippen molar-refractivity contribution in [2.45, 2.75) is 38.1 Å². The fraction of sp³-hybridized carbons (Fsp3) is 0.714. The molecular weight excluding hydrogens is 238 g/mol. The van der Waals surface area contributed by atoms with Crippen LogP contribution in [-0.2, 0) is 0 Å². The van der Waals surface area contributed by atoms with Gasteiger partial charge < -0.3 is 16.0 Å². The Kier molecular flexibility index (Phi) is 3.82. The lowest BCUT2D eigenvalue weighted by molar-refractivity contribution is 0.394. The van der Waals surface area contributed by atoms with Gasteiger partial charge >= 0.3 is 0 Å². The number of anilines is 2. The second-order valence-electron chi connectivity index (χ2n) is 5.71. The standard InChI is InChI=1S/C14H23N5/c15-6-5-11-2-1-7-19(9-11)14-8-13(16-10-17-14)18-12-3-4-12/h8,10-12H,1-7,9,15H2,(H,16,17,18). The van der Waals surface area contributed by atoms with Crippen molar-refractivity contribution in [2.24, 2.45) is 11.7 Å². The molecule has 2 aliphatic rings. The quantitative estimate of drug-likeness (QED) is 0.843. The maximum Gasteiger partial charge on any atom is 0.134 e. The Balaban J connectivity index is 1.66. The van der Waals surface area contributed by atoms with Crippen LogP contribution in [0.1, 0.15) is 32.1 Å². The zero-order valence-corrected chi connectivity index (χ0v) is 11.4. The maximum absolute atomic E-state index is 5.68. The molecule has 5 nitrogen and oxygen atoms in total. The number of piperidine rings is 1. The summed E-state index contributed by atoms with van der Waals surface area (Å²) in [5, 5.41) is 3.43. The lowest BCUT2D eigenvalue weighted by Crippen LogP contribution is -2.36. The smallest absolute Gasteiger partial charge is 0.134 e. The molecule has 1 saturated carbocycles. The molecule has 2 heterocycles. The minimum absolute atomic E-state index is 0.633. The van der Waals surface area contributed by atoms with E-state index < -0.39 is 0 Å². The van der Waals surface area contributed by atoms with E-state index in [2.05, 4.69) is 26.3 Å². The lowest BCUT2D eigenvalue weighted by atomic mass is 9.95. The minimum atomic E-state index is 0.633. The van der Waals surface area contributed by atoms with Gasteiger partial charge in [-0.15, -0.1) is 0 Å². The van der Waals surface area contributed by atoms with Gasteiger partial charge in [0.1, 0.15) is 18.0 Å². The zero-order valence-electron chi connectivity index (χ0n) is 11.4. The average Bonchev–Trinajstić information content (AvgIpc) is 3.24. The van der Waals surface area contributed by atoms with Crippen LogP contribution in [0, 0.1) is 5.92 Å². The molecule has 1 aliphatic carbocycles. The van der Waals surface area contributed by atoms with Crippen LogP contribution in [0.25, 0.3) is 0 Å². The van der Waals surface area contributed by atoms with Crippen molar-refractivity contribution in [1.82, 2.24) is 9.97 Å². The average molecular weight is 261 g/mol. The molecule has 1 atom stereocenters. The van der Waals surface area contributed by atoms with Gasteiger partial charge in [-0.05, 0) is 44.6 Å². The van der Waals surface area contributed by atoms with Gasteiger partial charge in [0.25, 0.3) is 0 Å². The molecule has 1 aromatic heterocycles. The number of nitrogens with one attached hydrogen (secondary N) is 1. The highest BCUT2D eigenvalue weighted by Gasteiger charge is 2.23. The predicted octanol–water partition coefficient (Wildman–Crippen LogP) is 1.62. The lowest BCUT2D eigenvalue weighted by Gasteiger charge is -2.33. The van der Waals surface area contributed by atoms with Crippen molar-refractivity contribution < 1.29 is 0 Å². The van der Waals surface area contributed by atoms with Gasteiger partial charge in [0.2, 0.25) is 0 Å². The van der Waals surface area contributed by atoms with Gasteiger partial charge in [-0.3, -0.25) is 0 Å². The summed E-state index contributed by atoms with van der Waals surface area (Å²) >= 11 is 0. The first-order valence-corrected chi connectivity index (χ1v) is 7.39. The third-order valence-electron chi connectivity index (χ3n) is 4.00. The summed E-state index contributed by atoms with van der Waals surface area (Å²) in [6, 6.07) is 2.72. The fourth-order valence-electron chi connectivity index (χ4n) is 2.78. The van der Waals surface area contributed by atoms with Crippen molar-refractivity contribution in [2.75, 3.05) is 29.9 Å². The van der Waals surface area contributed by atoms with E-state index in [0.717, 1.165) is 37.7 Å². The SMILES string of the molecule is NCCC1CCCN(c2cc(NC3CC3)ncn2)C1. The topological polar surface area (TPSA) is 67.1 Å². The number of aromatic nitrogens is 2. The van der Waals surface area contributed by atoms with Gasteiger partial charge in [0.05, 0.1) is 0 Å². The Morgan fingerprint density at radius 3 is 3.00 bits per heavy atom. The highest BCUT2D eigenvalue weighted by atomic mass is 15.2. The molecule has 0 amide bonds. The van der Waals surface area contributed by atoms with Crippen molar-refractivity contribution >= 4 is 11.6 Å². The van der Waals surface area contributed by atoms with E-state index in [1.807, 2.05) is 0 Å². The van der Waals surface area contributed by atoms with Gasteiger partial charge in [0.15, 0.2) is 0 Å². The van der Waals surface area contributed by atoms with Crippen LogP contribution >= 0.6 is 0 Å². The second kappa shape index (κ2) is 5.74. The highest BCUT2D eigenvalue weighted by Crippen LogP contribution is 2.27. The highest BCUT2D eigenvalue weighted by molar-refractivity contribution is 5.49. The molecule has 1 aliphatic heterocycles. The van der Waals surface area contributed by atoms with E-state index in [0.29, 0.717) is 12.0 Å². The van der Waals surface area contributed by atoms with E-state index in [-0.39, 0.29) is 0 Å². The third-order valence-corrected chi connectivity index (χ3v) is 4.00. The second-order valence-corrected chi connectivity index (χ2v) is 5.71. The normalized spacial score (nSPS) is 23.4. The summed E-state index contributed by atoms with van der Waals surface area (Å²) in [6.45, 7) is 2.97. The first-order chi connectivity index (χ1) is 9.35. The Morgan fingerprint density at radius 1 is 1.32 bits per heavy atom. The van der Waals surface area contributed by atoms with Crippen LogP contribution < -0.4 is 16.0 Å². The number of rotatable bonds is 5. The molecule has 5 heteroatoms. The van der Waals surface area contributed by atoms with Crippen LogP contribution in [0.2, 0.25) is 0 Å². The van der Waals surface area contributed by atoms with Gasteiger partial charge in [0, 0.05) is 25.2 Å². The Bertz CT molecular complexity index is 416. The van der Waals surface area contributed by atoms with Gasteiger partial charge in [-0.2, -0.15) is 0 Å². The first-order valence-electron chi connectivity index (χ1n) is 7.39. The predicted molar refractivity (Wildman–Crippen MR) is 77.3 cm³/mol. The molecule has 0 spiro atoms. The number of hydrogen-bond donors (Lipinski definition) is 2. The summed E-state index contributed by atoms with van der Waals surface area (Å²) in [6.07, 6.45) is 7.86. The van der Waals surface area contributed by atoms with Crippen molar-refractivity contribution in [3.8, 4) is 0 Å². The van der Waals surface area contributed by atoms with Crippen LogP contribution in [-0.4, -0.2) is 35.6 Å². The summed E-state index contributed by atoms with van der Waals surface area (Å²) in [5.74, 6) is 2.74. The Hall–Kier alpha value is -1.36. The summed E-state index contributed by atoms with van der Waals surface area (Å²) in [7, 11) is 0. The Morgan fingerprint density at radius 2 is 2.21 bits per heavy atom. The van der Waals surface area contributed by atoms with Gasteiger partial charge in [-0.1, -0.05) is 0 Å². The molecule has 0 radical (unpaired) electrons. The van der Waals surface area contributed by atoms with Crippen LogP contribution in [0.3, 0.4) is 0 Å². The molecule has 0 aromatic carbocycles. The van der Waals surface area contributed by atoms with E-state index in [4.69, 9.17) is 5.73 Å². The number of nitrogens with two attached hydrogens (primary N) is 1. The third kappa shape index (κ3) is 3.35. The molecule has 0 bridgehead atoms. The largest absolute Gasteiger partial charge is 0.367 e. The van der Waals surface area contributed by atoms with Gasteiger partial charge in [-0.25, -0.2) is 9.97 Å². The zero-order chi connectivity index (χ0) is 13.1. The molecule has 3 N–H and O–H groups in total. The summed E-state index contributed by atoms with van der Waals surface area (Å²) < 4.78 is 0. The molecule has 19 heavy (non-hydrogen) atoms. The number of hydrogen-bond acceptors (Lipinski definition) is 5. The molecule has 2 fully saturated rings. The molecule has 1 aromatic rings. The van der Waals surface area contributed by atoms with Crippen LogP contribution in [0.4, 0.5) is 11.6 Å². The summed E-state index contributed by atoms with van der Waals surface area (Å²) in [4.78, 5) is 11.1. The minimum Gasteiger partial charge on any atom is -0.367 e. The van der Waals surface area contributed by atoms with E-state index in [1.54, 1.807) is 6.33 Å². The molecule has 104 valence electrons. The van der Waals surface area contributed by atoms with Crippen LogP contribution in [0.15, 0.2) is 12.4 Å². The summed E-state index contributed by atoms with van der Waals surface area (Å²) in [5.41, 5.74) is 5.68. The molecule has 3 rings (SSSR count). The van der Waals surface area contributed by atoms with Crippen molar-refractivity contribution in [3.05, 3.63) is 12.4 Å². The fourth-order valence-corrected chi connectivity index (χ4v) is 2.78. The van der Waals surface area contributed by atoms with Crippen molar-refractivity contribution in [1.29, 1.82) is 0 Å². The monoisotopic (exact) mass is 261 g/mol. The van der Waals surface area contributed by atoms with E-state index in [9.17, 15) is 0 Å². The Labute approximate surface area is 114 Å². The van der Waals surface area contributed by atoms with E-state index >= 15 is 0 Å². The first kappa shape index (κ1) is 12.7. The molecular formula is C14H23N5. The van der Waals surface area contributed by atoms with E-state index in [1.165, 1.54) is 25.7 Å². The maximum atomic E-state index is 5.68. The molecule has 1 saturated heterocycles. The molecule has 1 unspecified atom stereocenters.